The van der Waals surface area contributed by atoms with E-state index >= 15 is 0 Å². The van der Waals surface area contributed by atoms with Crippen molar-refractivity contribution in [2.75, 3.05) is 6.61 Å². The first-order chi connectivity index (χ1) is 11.8. The number of nitrogens with zero attached hydrogens (tertiary/aromatic N) is 2. The normalized spacial score (nSPS) is 11.2. The molecular formula is C15H15F3N2O4S. The molecule has 0 aliphatic heterocycles. The van der Waals surface area contributed by atoms with Crippen LogP contribution in [0.3, 0.4) is 0 Å². The van der Waals surface area contributed by atoms with Crippen LogP contribution >= 0.6 is 12.8 Å². The van der Waals surface area contributed by atoms with Crippen molar-refractivity contribution in [2.45, 2.75) is 26.3 Å². The minimum absolute atomic E-state index is 0.0690. The molecule has 0 aliphatic rings. The van der Waals surface area contributed by atoms with Crippen LogP contribution in [0.1, 0.15) is 29.3 Å². The maximum absolute atomic E-state index is 12.6. The Morgan fingerprint density at radius 1 is 1.32 bits per heavy atom. The third kappa shape index (κ3) is 5.59. The van der Waals surface area contributed by atoms with Crippen LogP contribution in [-0.2, 0) is 11.3 Å². The van der Waals surface area contributed by atoms with E-state index in [0.29, 0.717) is 6.42 Å². The maximum Gasteiger partial charge on any atom is 0.573 e. The van der Waals surface area contributed by atoms with E-state index in [-0.39, 0.29) is 30.2 Å². The Bertz CT molecular complexity index is 734. The predicted molar refractivity (Wildman–Crippen MR) is 84.6 cm³/mol. The van der Waals surface area contributed by atoms with Gasteiger partial charge in [0.25, 0.3) is 0 Å². The first-order valence-electron chi connectivity index (χ1n) is 7.22. The van der Waals surface area contributed by atoms with Crippen LogP contribution in [0.25, 0.3) is 0 Å². The third-order valence-electron chi connectivity index (χ3n) is 2.93. The van der Waals surface area contributed by atoms with Gasteiger partial charge in [0.2, 0.25) is 5.88 Å². The fraction of sp³-hybridized carbons (Fsp3) is 0.333. The summed E-state index contributed by atoms with van der Waals surface area (Å²) in [4.78, 5) is 12.1. The Morgan fingerprint density at radius 3 is 2.68 bits per heavy atom. The monoisotopic (exact) mass is 376 g/mol. The van der Waals surface area contributed by atoms with Gasteiger partial charge in [0.1, 0.15) is 12.4 Å². The van der Waals surface area contributed by atoms with E-state index in [2.05, 4.69) is 22.7 Å². The predicted octanol–water partition coefficient (Wildman–Crippen LogP) is 3.62. The Balaban J connectivity index is 2.30. The highest BCUT2D eigenvalue weighted by Gasteiger charge is 2.33. The number of esters is 1. The van der Waals surface area contributed by atoms with Crippen molar-refractivity contribution in [3.8, 4) is 11.6 Å². The van der Waals surface area contributed by atoms with Gasteiger partial charge in [-0.2, -0.15) is 0 Å². The standard InChI is InChI=1S/C15H15F3N2O4S/c1-2-8-22-14(21)10-4-3-5-12(24-15(16,17)18)11(10)9-23-13-6-7-20(25)19-13/h3-7,25H,2,8-9H2,1H3. The van der Waals surface area contributed by atoms with E-state index in [9.17, 15) is 18.0 Å². The molecular weight excluding hydrogens is 361 g/mol. The summed E-state index contributed by atoms with van der Waals surface area (Å²) in [7, 11) is 0. The van der Waals surface area contributed by atoms with Crippen molar-refractivity contribution in [2.24, 2.45) is 0 Å². The minimum atomic E-state index is -4.91. The molecule has 0 aliphatic carbocycles. The fourth-order valence-electron chi connectivity index (χ4n) is 1.92. The van der Waals surface area contributed by atoms with Gasteiger partial charge >= 0.3 is 12.3 Å². The van der Waals surface area contributed by atoms with Crippen molar-refractivity contribution in [3.05, 3.63) is 41.6 Å². The number of hydrogen-bond donors (Lipinski definition) is 1. The van der Waals surface area contributed by atoms with E-state index in [1.165, 1.54) is 28.5 Å². The van der Waals surface area contributed by atoms with Crippen molar-refractivity contribution < 1.29 is 32.2 Å². The molecule has 2 aromatic rings. The van der Waals surface area contributed by atoms with Crippen LogP contribution in [0.5, 0.6) is 11.6 Å². The first kappa shape index (κ1) is 19.0. The van der Waals surface area contributed by atoms with E-state index in [1.807, 2.05) is 0 Å². The summed E-state index contributed by atoms with van der Waals surface area (Å²) >= 11 is 3.93. The Hall–Kier alpha value is -2.36. The van der Waals surface area contributed by atoms with Crippen molar-refractivity contribution in [1.82, 2.24) is 9.19 Å². The van der Waals surface area contributed by atoms with Gasteiger partial charge in [-0.3, -0.25) is 0 Å². The highest BCUT2D eigenvalue weighted by Crippen LogP contribution is 2.30. The molecule has 0 bridgehead atoms. The first-order valence-corrected chi connectivity index (χ1v) is 7.62. The Labute approximate surface area is 147 Å². The second-order valence-electron chi connectivity index (χ2n) is 4.83. The molecule has 0 atom stereocenters. The summed E-state index contributed by atoms with van der Waals surface area (Å²) in [5.74, 6) is -1.17. The number of alkyl halides is 3. The molecule has 1 aromatic carbocycles. The van der Waals surface area contributed by atoms with Gasteiger partial charge < -0.3 is 14.2 Å². The molecule has 25 heavy (non-hydrogen) atoms. The molecule has 0 unspecified atom stereocenters. The molecule has 6 nitrogen and oxygen atoms in total. The number of halogens is 3. The SMILES string of the molecule is CCCOC(=O)c1cccc(OC(F)(F)F)c1COc1ccn(S)n1. The molecule has 0 fully saturated rings. The van der Waals surface area contributed by atoms with Crippen molar-refractivity contribution >= 4 is 18.8 Å². The van der Waals surface area contributed by atoms with Gasteiger partial charge in [0, 0.05) is 17.8 Å². The number of ether oxygens (including phenoxy) is 3. The van der Waals surface area contributed by atoms with Gasteiger partial charge in [-0.1, -0.05) is 13.0 Å². The number of rotatable bonds is 7. The zero-order valence-electron chi connectivity index (χ0n) is 13.1. The number of carbonyl (C=O) groups is 1. The zero-order valence-corrected chi connectivity index (χ0v) is 14.0. The summed E-state index contributed by atoms with van der Waals surface area (Å²) < 4.78 is 53.3. The molecule has 2 rings (SSSR count). The van der Waals surface area contributed by atoms with E-state index in [4.69, 9.17) is 9.47 Å². The average Bonchev–Trinajstić information content (AvgIpc) is 2.95. The lowest BCUT2D eigenvalue weighted by Crippen LogP contribution is -2.20. The maximum atomic E-state index is 12.6. The molecule has 0 amide bonds. The molecule has 0 saturated carbocycles. The van der Waals surface area contributed by atoms with E-state index < -0.39 is 18.1 Å². The molecule has 0 N–H and O–H groups in total. The second kappa shape index (κ2) is 8.15. The number of aromatic nitrogens is 2. The van der Waals surface area contributed by atoms with Gasteiger partial charge in [-0.25, -0.2) is 8.88 Å². The molecule has 0 saturated heterocycles. The summed E-state index contributed by atoms with van der Waals surface area (Å²) in [5.41, 5.74) is -0.157. The summed E-state index contributed by atoms with van der Waals surface area (Å²) in [5, 5.41) is 3.83. The number of hydrogen-bond acceptors (Lipinski definition) is 6. The number of carbonyl (C=O) groups excluding carboxylic acids is 1. The quantitative estimate of drug-likeness (QED) is 0.591. The topological polar surface area (TPSA) is 62.6 Å². The van der Waals surface area contributed by atoms with E-state index in [1.54, 1.807) is 6.92 Å². The molecule has 0 spiro atoms. The third-order valence-corrected chi connectivity index (χ3v) is 3.15. The zero-order chi connectivity index (χ0) is 18.4. The van der Waals surface area contributed by atoms with Crippen LogP contribution in [0.2, 0.25) is 0 Å². The van der Waals surface area contributed by atoms with Crippen LogP contribution in [0.15, 0.2) is 30.5 Å². The molecule has 1 heterocycles. The number of benzene rings is 1. The highest BCUT2D eigenvalue weighted by molar-refractivity contribution is 7.78. The van der Waals surface area contributed by atoms with E-state index in [0.717, 1.165) is 6.07 Å². The fourth-order valence-corrected chi connectivity index (χ4v) is 2.07. The van der Waals surface area contributed by atoms with Crippen molar-refractivity contribution in [3.63, 3.8) is 0 Å². The Kier molecular flexibility index (Phi) is 6.18. The second-order valence-corrected chi connectivity index (χ2v) is 5.24. The molecule has 0 radical (unpaired) electrons. The largest absolute Gasteiger partial charge is 0.573 e. The Morgan fingerprint density at radius 2 is 2.08 bits per heavy atom. The smallest absolute Gasteiger partial charge is 0.472 e. The van der Waals surface area contributed by atoms with Crippen LogP contribution in [0.4, 0.5) is 13.2 Å². The number of thiol groups is 1. The van der Waals surface area contributed by atoms with Crippen LogP contribution < -0.4 is 9.47 Å². The molecule has 136 valence electrons. The lowest BCUT2D eigenvalue weighted by molar-refractivity contribution is -0.275. The lowest BCUT2D eigenvalue weighted by Gasteiger charge is -2.16. The molecule has 10 heteroatoms. The minimum Gasteiger partial charge on any atom is -0.472 e. The molecule has 1 aromatic heterocycles. The average molecular weight is 376 g/mol. The van der Waals surface area contributed by atoms with Gasteiger partial charge in [0.15, 0.2) is 0 Å². The summed E-state index contributed by atoms with van der Waals surface area (Å²) in [6.07, 6.45) is -2.85. The summed E-state index contributed by atoms with van der Waals surface area (Å²) in [6, 6.07) is 5.18. The van der Waals surface area contributed by atoms with Gasteiger partial charge in [-0.15, -0.1) is 18.3 Å². The van der Waals surface area contributed by atoms with Crippen LogP contribution in [-0.4, -0.2) is 28.1 Å². The lowest BCUT2D eigenvalue weighted by atomic mass is 10.1. The van der Waals surface area contributed by atoms with Crippen LogP contribution in [0, 0.1) is 0 Å². The van der Waals surface area contributed by atoms with Crippen molar-refractivity contribution in [1.29, 1.82) is 0 Å². The van der Waals surface area contributed by atoms with Gasteiger partial charge in [-0.05, 0) is 31.4 Å². The van der Waals surface area contributed by atoms with Gasteiger partial charge in [0.05, 0.1) is 12.2 Å². The summed E-state index contributed by atoms with van der Waals surface area (Å²) in [6.45, 7) is 1.58. The highest BCUT2D eigenvalue weighted by atomic mass is 32.1.